The summed E-state index contributed by atoms with van der Waals surface area (Å²) in [7, 11) is 0. The van der Waals surface area contributed by atoms with Crippen LogP contribution in [0.3, 0.4) is 0 Å². The first-order valence-corrected chi connectivity index (χ1v) is 11.4. The van der Waals surface area contributed by atoms with Gasteiger partial charge >= 0.3 is 0 Å². The molecule has 0 radical (unpaired) electrons. The molecular formula is C32H25NO. The van der Waals surface area contributed by atoms with Gasteiger partial charge in [-0.1, -0.05) is 115 Å². The number of aliphatic imine (C=N–C) groups is 1. The summed E-state index contributed by atoms with van der Waals surface area (Å²) in [5.74, 6) is 0.221. The van der Waals surface area contributed by atoms with Crippen LogP contribution in [0.5, 0.6) is 5.75 Å². The van der Waals surface area contributed by atoms with Gasteiger partial charge in [0.25, 0.3) is 0 Å². The number of hydrogen-bond donors (Lipinski definition) is 1. The van der Waals surface area contributed by atoms with Crippen LogP contribution in [0.25, 0.3) is 0 Å². The molecule has 0 unspecified atom stereocenters. The first-order valence-electron chi connectivity index (χ1n) is 11.4. The third kappa shape index (κ3) is 4.02. The summed E-state index contributed by atoms with van der Waals surface area (Å²) in [5.41, 5.74) is 5.84. The lowest BCUT2D eigenvalue weighted by Gasteiger charge is -2.36. The van der Waals surface area contributed by atoms with E-state index in [9.17, 15) is 5.11 Å². The smallest absolute Gasteiger partial charge is 0.124 e. The van der Waals surface area contributed by atoms with Crippen molar-refractivity contribution in [1.82, 2.24) is 0 Å². The second kappa shape index (κ2) is 9.60. The molecule has 0 amide bonds. The van der Waals surface area contributed by atoms with Gasteiger partial charge in [0.1, 0.15) is 5.75 Å². The largest absolute Gasteiger partial charge is 0.507 e. The maximum absolute atomic E-state index is 10.0. The summed E-state index contributed by atoms with van der Waals surface area (Å²) in [5, 5.41) is 10.0. The average Bonchev–Trinajstić information content (AvgIpc) is 2.91. The van der Waals surface area contributed by atoms with E-state index < -0.39 is 5.41 Å². The molecule has 0 aliphatic heterocycles. The van der Waals surface area contributed by atoms with Crippen LogP contribution in [0.1, 0.15) is 27.8 Å². The molecule has 0 aliphatic rings. The molecule has 0 aliphatic carbocycles. The van der Waals surface area contributed by atoms with Crippen molar-refractivity contribution in [2.45, 2.75) is 5.41 Å². The fourth-order valence-corrected chi connectivity index (χ4v) is 4.60. The van der Waals surface area contributed by atoms with Crippen molar-refractivity contribution in [3.05, 3.63) is 167 Å². The van der Waals surface area contributed by atoms with Gasteiger partial charge in [-0.15, -0.1) is 0 Å². The lowest BCUT2D eigenvalue weighted by Crippen LogP contribution is -2.30. The Kier molecular flexibility index (Phi) is 6.05. The number of para-hydroxylation sites is 1. The van der Waals surface area contributed by atoms with E-state index in [0.717, 1.165) is 11.3 Å². The number of phenols is 1. The molecule has 0 heterocycles. The van der Waals surface area contributed by atoms with Gasteiger partial charge in [0.05, 0.1) is 11.1 Å². The number of aromatic hydroxyl groups is 1. The van der Waals surface area contributed by atoms with E-state index in [1.54, 1.807) is 18.3 Å². The molecule has 0 fully saturated rings. The van der Waals surface area contributed by atoms with E-state index >= 15 is 0 Å². The van der Waals surface area contributed by atoms with Gasteiger partial charge in [-0.3, -0.25) is 4.99 Å². The van der Waals surface area contributed by atoms with Crippen LogP contribution >= 0.6 is 0 Å². The molecule has 2 nitrogen and oxygen atoms in total. The number of rotatable bonds is 6. The van der Waals surface area contributed by atoms with Crippen molar-refractivity contribution in [1.29, 1.82) is 0 Å². The third-order valence-corrected chi connectivity index (χ3v) is 6.21. The van der Waals surface area contributed by atoms with Crippen LogP contribution in [0.15, 0.2) is 145 Å². The summed E-state index contributed by atoms with van der Waals surface area (Å²) < 4.78 is 0. The lowest BCUT2D eigenvalue weighted by molar-refractivity contribution is 0.474. The Morgan fingerprint density at radius 2 is 0.882 bits per heavy atom. The summed E-state index contributed by atoms with van der Waals surface area (Å²) in [6, 6.07) is 47.5. The number of benzene rings is 5. The zero-order valence-corrected chi connectivity index (χ0v) is 18.8. The molecule has 0 spiro atoms. The molecule has 0 bridgehead atoms. The first kappa shape index (κ1) is 21.4. The number of hydrogen-bond acceptors (Lipinski definition) is 2. The minimum atomic E-state index is -0.469. The maximum atomic E-state index is 10.0. The molecule has 0 saturated carbocycles. The van der Waals surface area contributed by atoms with Gasteiger partial charge in [0.15, 0.2) is 0 Å². The average molecular weight is 440 g/mol. The lowest BCUT2D eigenvalue weighted by atomic mass is 9.65. The molecule has 0 saturated heterocycles. The van der Waals surface area contributed by atoms with Crippen LogP contribution in [-0.2, 0) is 5.41 Å². The monoisotopic (exact) mass is 439 g/mol. The van der Waals surface area contributed by atoms with Crippen LogP contribution in [0.4, 0.5) is 5.69 Å². The molecule has 5 aromatic carbocycles. The first-order chi connectivity index (χ1) is 16.8. The van der Waals surface area contributed by atoms with Crippen LogP contribution < -0.4 is 0 Å². The van der Waals surface area contributed by atoms with Gasteiger partial charge in [0, 0.05) is 11.8 Å². The Morgan fingerprint density at radius 1 is 0.471 bits per heavy atom. The fourth-order valence-electron chi connectivity index (χ4n) is 4.60. The molecule has 164 valence electrons. The summed E-state index contributed by atoms with van der Waals surface area (Å²) >= 11 is 0. The second-order valence-corrected chi connectivity index (χ2v) is 8.21. The highest BCUT2D eigenvalue weighted by Crippen LogP contribution is 2.45. The van der Waals surface area contributed by atoms with E-state index in [4.69, 9.17) is 0 Å². The zero-order chi connectivity index (χ0) is 23.2. The number of nitrogens with zero attached hydrogens (tertiary/aromatic N) is 1. The molecule has 5 aromatic rings. The topological polar surface area (TPSA) is 32.6 Å². The molecule has 0 atom stereocenters. The van der Waals surface area contributed by atoms with Crippen molar-refractivity contribution in [2.75, 3.05) is 0 Å². The molecule has 5 rings (SSSR count). The Hall–Kier alpha value is -4.43. The predicted molar refractivity (Wildman–Crippen MR) is 140 cm³/mol. The highest BCUT2D eigenvalue weighted by atomic mass is 16.3. The number of phenolic OH excluding ortho intramolecular Hbond substituents is 1. The zero-order valence-electron chi connectivity index (χ0n) is 18.8. The standard InChI is InChI=1S/C32H25NO/c34-31-19-11-10-12-25(31)24-33-30-22-20-29(21-23-30)32(26-13-4-1-5-14-26,27-15-6-2-7-16-27)28-17-8-3-9-18-28/h1-24,34H. The summed E-state index contributed by atoms with van der Waals surface area (Å²) in [4.78, 5) is 4.59. The highest BCUT2D eigenvalue weighted by molar-refractivity contribution is 5.85. The predicted octanol–water partition coefficient (Wildman–Crippen LogP) is 7.53. The van der Waals surface area contributed by atoms with Crippen LogP contribution in [0, 0.1) is 0 Å². The van der Waals surface area contributed by atoms with Crippen LogP contribution in [-0.4, -0.2) is 11.3 Å². The van der Waals surface area contributed by atoms with Crippen molar-refractivity contribution in [3.8, 4) is 5.75 Å². The van der Waals surface area contributed by atoms with Crippen molar-refractivity contribution in [3.63, 3.8) is 0 Å². The minimum absolute atomic E-state index is 0.221. The molecule has 34 heavy (non-hydrogen) atoms. The van der Waals surface area contributed by atoms with E-state index in [-0.39, 0.29) is 5.75 Å². The van der Waals surface area contributed by atoms with E-state index in [1.165, 1.54) is 16.7 Å². The molecule has 1 N–H and O–H groups in total. The summed E-state index contributed by atoms with van der Waals surface area (Å²) in [6.07, 6.45) is 1.70. The Bertz CT molecular complexity index is 1280. The van der Waals surface area contributed by atoms with Gasteiger partial charge < -0.3 is 5.11 Å². The van der Waals surface area contributed by atoms with Gasteiger partial charge in [-0.2, -0.15) is 0 Å². The van der Waals surface area contributed by atoms with Gasteiger partial charge in [-0.05, 0) is 46.5 Å². The van der Waals surface area contributed by atoms with Crippen LogP contribution in [0.2, 0.25) is 0 Å². The second-order valence-electron chi connectivity index (χ2n) is 8.21. The Morgan fingerprint density at radius 3 is 1.35 bits per heavy atom. The summed E-state index contributed by atoms with van der Waals surface area (Å²) in [6.45, 7) is 0. The Labute approximate surface area is 200 Å². The highest BCUT2D eigenvalue weighted by Gasteiger charge is 2.37. The quantitative estimate of drug-likeness (QED) is 0.215. The van der Waals surface area contributed by atoms with Gasteiger partial charge in [-0.25, -0.2) is 0 Å². The van der Waals surface area contributed by atoms with E-state index in [0.29, 0.717) is 5.56 Å². The molecular weight excluding hydrogens is 414 g/mol. The van der Waals surface area contributed by atoms with Crippen molar-refractivity contribution >= 4 is 11.9 Å². The fraction of sp³-hybridized carbons (Fsp3) is 0.0312. The third-order valence-electron chi connectivity index (χ3n) is 6.21. The molecule has 2 heteroatoms. The maximum Gasteiger partial charge on any atom is 0.124 e. The van der Waals surface area contributed by atoms with E-state index in [1.807, 2.05) is 24.3 Å². The minimum Gasteiger partial charge on any atom is -0.507 e. The van der Waals surface area contributed by atoms with Crippen molar-refractivity contribution < 1.29 is 5.11 Å². The van der Waals surface area contributed by atoms with Crippen molar-refractivity contribution in [2.24, 2.45) is 4.99 Å². The normalized spacial score (nSPS) is 11.5. The Balaban J connectivity index is 1.66. The molecule has 0 aromatic heterocycles. The van der Waals surface area contributed by atoms with Gasteiger partial charge in [0.2, 0.25) is 0 Å². The van der Waals surface area contributed by atoms with E-state index in [2.05, 4.69) is 108 Å². The SMILES string of the molecule is Oc1ccccc1C=Nc1ccc(C(c2ccccc2)(c2ccccc2)c2ccccc2)cc1.